The van der Waals surface area contributed by atoms with Gasteiger partial charge >= 0.3 is 0 Å². The molecule has 0 radical (unpaired) electrons. The van der Waals surface area contributed by atoms with Crippen LogP contribution < -0.4 is 10.6 Å². The number of rotatable bonds is 5. The van der Waals surface area contributed by atoms with E-state index in [1.54, 1.807) is 7.05 Å². The Morgan fingerprint density at radius 3 is 2.77 bits per heavy atom. The molecule has 0 saturated carbocycles. The van der Waals surface area contributed by atoms with E-state index in [-0.39, 0.29) is 17.5 Å². The van der Waals surface area contributed by atoms with Gasteiger partial charge in [-0.05, 0) is 39.2 Å². The Hall–Kier alpha value is -0.820. The fraction of sp³-hybridized carbons (Fsp3) is 0.933. The molecule has 0 bridgehead atoms. The van der Waals surface area contributed by atoms with Crippen molar-refractivity contribution in [2.75, 3.05) is 38.2 Å². The summed E-state index contributed by atoms with van der Waals surface area (Å²) in [6.45, 7) is 5.51. The van der Waals surface area contributed by atoms with Crippen LogP contribution in [0.1, 0.15) is 39.0 Å². The van der Waals surface area contributed by atoms with Crippen molar-refractivity contribution in [3.05, 3.63) is 0 Å². The summed E-state index contributed by atoms with van der Waals surface area (Å²) in [6.07, 6.45) is 5.74. The molecule has 2 saturated heterocycles. The lowest BCUT2D eigenvalue weighted by molar-refractivity contribution is 0.159. The fourth-order valence-corrected chi connectivity index (χ4v) is 4.95. The number of hydrogen-bond acceptors (Lipinski definition) is 4. The van der Waals surface area contributed by atoms with Gasteiger partial charge in [-0.25, -0.2) is 8.42 Å². The highest BCUT2D eigenvalue weighted by Gasteiger charge is 2.28. The second kappa shape index (κ2) is 8.15. The van der Waals surface area contributed by atoms with Crippen molar-refractivity contribution in [2.24, 2.45) is 4.99 Å². The Morgan fingerprint density at radius 2 is 2.14 bits per heavy atom. The first-order chi connectivity index (χ1) is 10.5. The molecule has 0 aromatic rings. The van der Waals surface area contributed by atoms with Crippen LogP contribution in [0.25, 0.3) is 0 Å². The molecule has 2 heterocycles. The monoisotopic (exact) mass is 330 g/mol. The maximum Gasteiger partial charge on any atom is 0.191 e. The van der Waals surface area contributed by atoms with E-state index in [1.165, 1.54) is 25.8 Å². The normalized spacial score (nSPS) is 29.5. The van der Waals surface area contributed by atoms with Crippen LogP contribution in [-0.2, 0) is 9.84 Å². The summed E-state index contributed by atoms with van der Waals surface area (Å²) in [5.41, 5.74) is 0. The molecule has 2 aliphatic rings. The molecule has 7 heteroatoms. The average molecular weight is 330 g/mol. The van der Waals surface area contributed by atoms with E-state index < -0.39 is 9.84 Å². The highest BCUT2D eigenvalue weighted by atomic mass is 32.2. The minimum Gasteiger partial charge on any atom is -0.356 e. The largest absolute Gasteiger partial charge is 0.356 e. The molecule has 0 aromatic heterocycles. The molecule has 0 spiro atoms. The Kier molecular flexibility index (Phi) is 6.50. The van der Waals surface area contributed by atoms with E-state index >= 15 is 0 Å². The Labute approximate surface area is 134 Å². The quantitative estimate of drug-likeness (QED) is 0.439. The van der Waals surface area contributed by atoms with Crippen molar-refractivity contribution in [1.82, 2.24) is 15.5 Å². The number of piperidine rings is 1. The molecule has 6 nitrogen and oxygen atoms in total. The van der Waals surface area contributed by atoms with Crippen molar-refractivity contribution >= 4 is 15.8 Å². The Bertz CT molecular complexity index is 478. The number of nitrogens with zero attached hydrogens (tertiary/aromatic N) is 2. The minimum absolute atomic E-state index is 0.00156. The van der Waals surface area contributed by atoms with E-state index in [4.69, 9.17) is 0 Å². The lowest BCUT2D eigenvalue weighted by atomic mass is 10.0. The van der Waals surface area contributed by atoms with Crippen molar-refractivity contribution in [1.29, 1.82) is 0 Å². The molecule has 0 amide bonds. The van der Waals surface area contributed by atoms with Gasteiger partial charge in [-0.3, -0.25) is 4.99 Å². The SMILES string of the molecule is CN=C(NCCCN1CCCCC1C)NC1CCS(=O)(=O)C1. The van der Waals surface area contributed by atoms with Gasteiger partial charge in [0, 0.05) is 32.2 Å². The maximum absolute atomic E-state index is 11.5. The average Bonchev–Trinajstić information content (AvgIpc) is 2.83. The molecule has 2 aliphatic heterocycles. The van der Waals surface area contributed by atoms with Crippen LogP contribution in [0.4, 0.5) is 0 Å². The molecule has 0 aromatic carbocycles. The van der Waals surface area contributed by atoms with Crippen LogP contribution in [0.2, 0.25) is 0 Å². The van der Waals surface area contributed by atoms with Gasteiger partial charge in [0.1, 0.15) is 0 Å². The molecule has 2 unspecified atom stereocenters. The molecular formula is C15H30N4O2S. The van der Waals surface area contributed by atoms with E-state index in [9.17, 15) is 8.42 Å². The lowest BCUT2D eigenvalue weighted by Gasteiger charge is -2.33. The summed E-state index contributed by atoms with van der Waals surface area (Å²) in [5, 5.41) is 6.51. The molecule has 2 fully saturated rings. The zero-order valence-electron chi connectivity index (χ0n) is 13.8. The molecule has 22 heavy (non-hydrogen) atoms. The Balaban J connectivity index is 1.64. The van der Waals surface area contributed by atoms with Crippen molar-refractivity contribution in [2.45, 2.75) is 51.1 Å². The van der Waals surface area contributed by atoms with Crippen LogP contribution in [0.3, 0.4) is 0 Å². The minimum atomic E-state index is -2.85. The standard InChI is InChI=1S/C15H30N4O2S/c1-13-6-3-4-9-19(13)10-5-8-17-15(16-2)18-14-7-11-22(20,21)12-14/h13-14H,3-12H2,1-2H3,(H2,16,17,18). The third-order valence-corrected chi connectivity index (χ3v) is 6.42. The van der Waals surface area contributed by atoms with Gasteiger partial charge in [0.2, 0.25) is 0 Å². The third-order valence-electron chi connectivity index (χ3n) is 4.65. The zero-order chi connectivity index (χ0) is 16.0. The van der Waals surface area contributed by atoms with Gasteiger partial charge in [-0.2, -0.15) is 0 Å². The summed E-state index contributed by atoms with van der Waals surface area (Å²) in [7, 11) is -1.12. The third kappa shape index (κ3) is 5.43. The topological polar surface area (TPSA) is 73.8 Å². The number of aliphatic imine (C=N–C) groups is 1. The van der Waals surface area contributed by atoms with Crippen LogP contribution in [0.15, 0.2) is 4.99 Å². The Morgan fingerprint density at radius 1 is 1.32 bits per heavy atom. The number of nitrogens with one attached hydrogen (secondary N) is 2. The summed E-state index contributed by atoms with van der Waals surface area (Å²) in [6, 6.07) is 0.702. The predicted molar refractivity (Wildman–Crippen MR) is 91.1 cm³/mol. The van der Waals surface area contributed by atoms with Crippen LogP contribution >= 0.6 is 0 Å². The first-order valence-corrected chi connectivity index (χ1v) is 10.2. The zero-order valence-corrected chi connectivity index (χ0v) is 14.7. The summed E-state index contributed by atoms with van der Waals surface area (Å²) < 4.78 is 22.9. The fourth-order valence-electron chi connectivity index (χ4n) is 3.28. The molecule has 128 valence electrons. The van der Waals surface area contributed by atoms with E-state index in [2.05, 4.69) is 27.4 Å². The number of sulfone groups is 1. The summed E-state index contributed by atoms with van der Waals surface area (Å²) in [4.78, 5) is 6.75. The summed E-state index contributed by atoms with van der Waals surface area (Å²) >= 11 is 0. The van der Waals surface area contributed by atoms with E-state index in [1.807, 2.05) is 0 Å². The van der Waals surface area contributed by atoms with Gasteiger partial charge < -0.3 is 15.5 Å². The first-order valence-electron chi connectivity index (χ1n) is 8.42. The van der Waals surface area contributed by atoms with Gasteiger partial charge in [0.05, 0.1) is 11.5 Å². The van der Waals surface area contributed by atoms with Gasteiger partial charge in [0.25, 0.3) is 0 Å². The molecular weight excluding hydrogens is 300 g/mol. The molecule has 0 aliphatic carbocycles. The number of likely N-dealkylation sites (tertiary alicyclic amines) is 1. The first kappa shape index (κ1) is 17.5. The molecule has 2 atom stereocenters. The molecule has 2 N–H and O–H groups in total. The number of guanidine groups is 1. The second-order valence-corrected chi connectivity index (χ2v) is 8.71. The van der Waals surface area contributed by atoms with Gasteiger partial charge in [-0.1, -0.05) is 6.42 Å². The van der Waals surface area contributed by atoms with Crippen LogP contribution in [0.5, 0.6) is 0 Å². The maximum atomic E-state index is 11.5. The van der Waals surface area contributed by atoms with Gasteiger partial charge in [0.15, 0.2) is 15.8 Å². The summed E-state index contributed by atoms with van der Waals surface area (Å²) in [5.74, 6) is 1.22. The van der Waals surface area contributed by atoms with Gasteiger partial charge in [-0.15, -0.1) is 0 Å². The van der Waals surface area contributed by atoms with Crippen molar-refractivity contribution in [3.63, 3.8) is 0 Å². The van der Waals surface area contributed by atoms with E-state index in [0.29, 0.717) is 18.4 Å². The van der Waals surface area contributed by atoms with Crippen molar-refractivity contribution < 1.29 is 8.42 Å². The predicted octanol–water partition coefficient (Wildman–Crippen LogP) is 0.603. The highest BCUT2D eigenvalue weighted by molar-refractivity contribution is 7.91. The molecule has 2 rings (SSSR count). The smallest absolute Gasteiger partial charge is 0.191 e. The van der Waals surface area contributed by atoms with Crippen molar-refractivity contribution in [3.8, 4) is 0 Å². The van der Waals surface area contributed by atoms with Crippen LogP contribution in [0, 0.1) is 0 Å². The number of hydrogen-bond donors (Lipinski definition) is 2. The lowest BCUT2D eigenvalue weighted by Crippen LogP contribution is -2.45. The second-order valence-electron chi connectivity index (χ2n) is 6.48. The highest BCUT2D eigenvalue weighted by Crippen LogP contribution is 2.16. The van der Waals surface area contributed by atoms with Crippen LogP contribution in [-0.4, -0.2) is 69.5 Å². The van der Waals surface area contributed by atoms with E-state index in [0.717, 1.165) is 19.5 Å².